The molecule has 1 atom stereocenters. The molecule has 0 fully saturated rings. The Balaban J connectivity index is 2.66. The molecule has 1 unspecified atom stereocenters. The fourth-order valence-electron chi connectivity index (χ4n) is 1.62. The first-order valence-corrected chi connectivity index (χ1v) is 7.30. The minimum atomic E-state index is -3.68. The van der Waals surface area contributed by atoms with Gasteiger partial charge in [0.05, 0.1) is 4.90 Å². The predicted octanol–water partition coefficient (Wildman–Crippen LogP) is 1.48. The van der Waals surface area contributed by atoms with Gasteiger partial charge in [-0.15, -0.1) is 0 Å². The highest BCUT2D eigenvalue weighted by Gasteiger charge is 2.16. The molecule has 6 heteroatoms. The van der Waals surface area contributed by atoms with E-state index in [0.717, 1.165) is 12.5 Å². The number of nitrogens with one attached hydrogen (secondary N) is 1. The van der Waals surface area contributed by atoms with Crippen molar-refractivity contribution in [1.29, 1.82) is 0 Å². The predicted molar refractivity (Wildman–Crippen MR) is 69.0 cm³/mol. The lowest BCUT2D eigenvalue weighted by atomic mass is 10.1. The Labute approximate surface area is 107 Å². The number of rotatable bonds is 6. The largest absolute Gasteiger partial charge is 0.327 e. The number of hydrogen-bond donors (Lipinski definition) is 2. The second-order valence-electron chi connectivity index (χ2n) is 4.70. The van der Waals surface area contributed by atoms with E-state index in [1.165, 1.54) is 18.2 Å². The smallest absolute Gasteiger partial charge is 0.240 e. The zero-order chi connectivity index (χ0) is 13.8. The van der Waals surface area contributed by atoms with Crippen LogP contribution in [0, 0.1) is 11.7 Å². The maximum Gasteiger partial charge on any atom is 0.240 e. The Morgan fingerprint density at radius 2 is 2.06 bits per heavy atom. The maximum atomic E-state index is 13.0. The van der Waals surface area contributed by atoms with Crippen molar-refractivity contribution in [3.05, 3.63) is 30.1 Å². The fraction of sp³-hybridized carbons (Fsp3) is 0.500. The summed E-state index contributed by atoms with van der Waals surface area (Å²) in [5, 5.41) is 0. The van der Waals surface area contributed by atoms with Crippen molar-refractivity contribution in [1.82, 2.24) is 4.72 Å². The molecule has 1 aromatic rings. The molecule has 0 aliphatic carbocycles. The molecule has 18 heavy (non-hydrogen) atoms. The van der Waals surface area contributed by atoms with E-state index in [1.807, 2.05) is 13.8 Å². The number of hydrogen-bond acceptors (Lipinski definition) is 3. The van der Waals surface area contributed by atoms with Crippen LogP contribution in [-0.2, 0) is 10.0 Å². The number of nitrogens with two attached hydrogens (primary N) is 1. The molecule has 3 N–H and O–H groups in total. The van der Waals surface area contributed by atoms with Gasteiger partial charge in [0.2, 0.25) is 10.0 Å². The van der Waals surface area contributed by atoms with E-state index >= 15 is 0 Å². The molecule has 0 bridgehead atoms. The topological polar surface area (TPSA) is 72.2 Å². The standard InChI is InChI=1S/C12H19FN2O2S/c1-9(2)6-11(14)8-15-18(16,17)12-5-3-4-10(13)7-12/h3-5,7,9,11,15H,6,8,14H2,1-2H3. The summed E-state index contributed by atoms with van der Waals surface area (Å²) in [5.74, 6) is -0.178. The molecule has 0 aliphatic heterocycles. The number of halogens is 1. The molecule has 0 heterocycles. The van der Waals surface area contributed by atoms with Crippen molar-refractivity contribution in [3.8, 4) is 0 Å². The highest BCUT2D eigenvalue weighted by atomic mass is 32.2. The van der Waals surface area contributed by atoms with Gasteiger partial charge in [-0.1, -0.05) is 19.9 Å². The summed E-state index contributed by atoms with van der Waals surface area (Å²) >= 11 is 0. The van der Waals surface area contributed by atoms with Crippen LogP contribution < -0.4 is 10.5 Å². The Kier molecular flexibility index (Phi) is 5.25. The van der Waals surface area contributed by atoms with E-state index in [-0.39, 0.29) is 17.5 Å². The molecule has 0 aromatic heterocycles. The van der Waals surface area contributed by atoms with Gasteiger partial charge in [-0.2, -0.15) is 0 Å². The van der Waals surface area contributed by atoms with Crippen LogP contribution in [0.1, 0.15) is 20.3 Å². The van der Waals surface area contributed by atoms with Gasteiger partial charge >= 0.3 is 0 Å². The highest BCUT2D eigenvalue weighted by Crippen LogP contribution is 2.10. The van der Waals surface area contributed by atoms with Crippen molar-refractivity contribution in [3.63, 3.8) is 0 Å². The van der Waals surface area contributed by atoms with Crippen molar-refractivity contribution >= 4 is 10.0 Å². The third-order valence-corrected chi connectivity index (χ3v) is 3.84. The third kappa shape index (κ3) is 4.72. The van der Waals surface area contributed by atoms with E-state index in [1.54, 1.807) is 0 Å². The quantitative estimate of drug-likeness (QED) is 0.825. The first-order chi connectivity index (χ1) is 8.31. The molecule has 0 saturated heterocycles. The molecule has 0 spiro atoms. The third-order valence-electron chi connectivity index (χ3n) is 2.42. The van der Waals surface area contributed by atoms with Gasteiger partial charge in [-0.25, -0.2) is 17.5 Å². The molecule has 0 aliphatic rings. The molecule has 0 saturated carbocycles. The Hall–Kier alpha value is -0.980. The van der Waals surface area contributed by atoms with Gasteiger partial charge in [0.25, 0.3) is 0 Å². The van der Waals surface area contributed by atoms with Crippen LogP contribution in [0.2, 0.25) is 0 Å². The normalized spacial score (nSPS) is 13.8. The van der Waals surface area contributed by atoms with Crippen LogP contribution in [0.3, 0.4) is 0 Å². The number of sulfonamides is 1. The van der Waals surface area contributed by atoms with Gasteiger partial charge in [-0.3, -0.25) is 0 Å². The van der Waals surface area contributed by atoms with Crippen molar-refractivity contribution in [2.45, 2.75) is 31.2 Å². The molecule has 1 rings (SSSR count). The summed E-state index contributed by atoms with van der Waals surface area (Å²) in [6.07, 6.45) is 0.728. The van der Waals surface area contributed by atoms with Crippen LogP contribution in [0.15, 0.2) is 29.2 Å². The average molecular weight is 274 g/mol. The minimum Gasteiger partial charge on any atom is -0.327 e. The first-order valence-electron chi connectivity index (χ1n) is 5.82. The number of benzene rings is 1. The molecule has 1 aromatic carbocycles. The van der Waals surface area contributed by atoms with E-state index in [9.17, 15) is 12.8 Å². The van der Waals surface area contributed by atoms with Crippen LogP contribution in [0.5, 0.6) is 0 Å². The Bertz CT molecular complexity index is 489. The van der Waals surface area contributed by atoms with E-state index in [0.29, 0.717) is 5.92 Å². The Morgan fingerprint density at radius 3 is 2.61 bits per heavy atom. The lowest BCUT2D eigenvalue weighted by molar-refractivity contribution is 0.485. The summed E-state index contributed by atoms with van der Waals surface area (Å²) in [6.45, 7) is 4.18. The van der Waals surface area contributed by atoms with E-state index in [2.05, 4.69) is 4.72 Å². The van der Waals surface area contributed by atoms with Crippen molar-refractivity contribution in [2.24, 2.45) is 11.7 Å². The van der Waals surface area contributed by atoms with Gasteiger partial charge in [0, 0.05) is 12.6 Å². The van der Waals surface area contributed by atoms with Crippen LogP contribution in [0.4, 0.5) is 4.39 Å². The first kappa shape index (κ1) is 15.1. The zero-order valence-corrected chi connectivity index (χ0v) is 11.4. The highest BCUT2D eigenvalue weighted by molar-refractivity contribution is 7.89. The molecule has 4 nitrogen and oxygen atoms in total. The molecular formula is C12H19FN2O2S. The zero-order valence-electron chi connectivity index (χ0n) is 10.6. The van der Waals surface area contributed by atoms with Gasteiger partial charge in [0.15, 0.2) is 0 Å². The molecule has 0 radical (unpaired) electrons. The van der Waals surface area contributed by atoms with Gasteiger partial charge < -0.3 is 5.73 Å². The summed E-state index contributed by atoms with van der Waals surface area (Å²) in [7, 11) is -3.68. The van der Waals surface area contributed by atoms with Crippen LogP contribution in [-0.4, -0.2) is 21.0 Å². The maximum absolute atomic E-state index is 13.0. The van der Waals surface area contributed by atoms with Crippen LogP contribution >= 0.6 is 0 Å². The van der Waals surface area contributed by atoms with Crippen molar-refractivity contribution in [2.75, 3.05) is 6.54 Å². The molecular weight excluding hydrogens is 255 g/mol. The summed E-state index contributed by atoms with van der Waals surface area (Å²) in [5.41, 5.74) is 5.79. The summed E-state index contributed by atoms with van der Waals surface area (Å²) in [6, 6.07) is 4.64. The van der Waals surface area contributed by atoms with E-state index < -0.39 is 15.8 Å². The SMILES string of the molecule is CC(C)CC(N)CNS(=O)(=O)c1cccc(F)c1. The van der Waals surface area contributed by atoms with E-state index in [4.69, 9.17) is 5.73 Å². The molecule has 0 amide bonds. The summed E-state index contributed by atoms with van der Waals surface area (Å²) < 4.78 is 39.0. The van der Waals surface area contributed by atoms with Crippen molar-refractivity contribution < 1.29 is 12.8 Å². The second kappa shape index (κ2) is 6.26. The fourth-order valence-corrected chi connectivity index (χ4v) is 2.75. The lowest BCUT2D eigenvalue weighted by Gasteiger charge is -2.15. The second-order valence-corrected chi connectivity index (χ2v) is 6.47. The average Bonchev–Trinajstić information content (AvgIpc) is 2.26. The Morgan fingerprint density at radius 1 is 1.39 bits per heavy atom. The van der Waals surface area contributed by atoms with Crippen LogP contribution in [0.25, 0.3) is 0 Å². The minimum absolute atomic E-state index is 0.0840. The molecule has 102 valence electrons. The van der Waals surface area contributed by atoms with Gasteiger partial charge in [-0.05, 0) is 30.5 Å². The monoisotopic (exact) mass is 274 g/mol. The lowest BCUT2D eigenvalue weighted by Crippen LogP contribution is -2.38. The summed E-state index contributed by atoms with van der Waals surface area (Å²) in [4.78, 5) is -0.0840. The van der Waals surface area contributed by atoms with Gasteiger partial charge in [0.1, 0.15) is 5.82 Å².